The van der Waals surface area contributed by atoms with Crippen LogP contribution in [0.3, 0.4) is 0 Å². The van der Waals surface area contributed by atoms with E-state index in [9.17, 15) is 9.59 Å². The molecule has 0 unspecified atom stereocenters. The van der Waals surface area contributed by atoms with Crippen LogP contribution in [-0.4, -0.2) is 42.0 Å². The van der Waals surface area contributed by atoms with Crippen LogP contribution in [0.15, 0.2) is 18.2 Å². The molecule has 0 radical (unpaired) electrons. The van der Waals surface area contributed by atoms with Crippen LogP contribution in [0.2, 0.25) is 10.0 Å². The van der Waals surface area contributed by atoms with Crippen LogP contribution in [0.1, 0.15) is 30.6 Å². The Kier molecular flexibility index (Phi) is 8.51. The third kappa shape index (κ3) is 7.50. The quantitative estimate of drug-likeness (QED) is 0.402. The molecule has 10 heteroatoms. The molecule has 0 spiro atoms. The lowest BCUT2D eigenvalue weighted by Gasteiger charge is -2.21. The molecule has 0 bridgehead atoms. The van der Waals surface area contributed by atoms with Gasteiger partial charge >= 0.3 is 7.32 Å². The molecule has 0 aliphatic rings. The summed E-state index contributed by atoms with van der Waals surface area (Å²) in [5, 5.41) is 23.1. The summed E-state index contributed by atoms with van der Waals surface area (Å²) < 4.78 is 4.79. The van der Waals surface area contributed by atoms with Gasteiger partial charge in [0.25, 0.3) is 5.91 Å². The van der Waals surface area contributed by atoms with Crippen molar-refractivity contribution in [1.82, 2.24) is 10.6 Å². The minimum absolute atomic E-state index is 0.153. The largest absolute Gasteiger partial charge is 0.635 e. The number of nitrogens with one attached hydrogen (secondary N) is 2. The van der Waals surface area contributed by atoms with Gasteiger partial charge in [0.1, 0.15) is 6.23 Å². The van der Waals surface area contributed by atoms with Crippen molar-refractivity contribution in [3.8, 4) is 0 Å². The summed E-state index contributed by atoms with van der Waals surface area (Å²) in [4.78, 5) is 23.8. The number of benzene rings is 1. The Labute approximate surface area is 150 Å². The lowest BCUT2D eigenvalue weighted by Crippen LogP contribution is -2.45. The van der Waals surface area contributed by atoms with Gasteiger partial charge in [-0.1, -0.05) is 37.0 Å². The molecule has 0 heterocycles. The number of hydrogen-bond acceptors (Lipinski definition) is 5. The maximum atomic E-state index is 11.9. The maximum Gasteiger partial charge on any atom is 0.635 e. The Balaban J connectivity index is 2.53. The van der Waals surface area contributed by atoms with E-state index in [1.54, 1.807) is 0 Å². The zero-order valence-electron chi connectivity index (χ0n) is 13.3. The monoisotopic (exact) mass is 376 g/mol. The van der Waals surface area contributed by atoms with Gasteiger partial charge in [-0.2, -0.15) is 0 Å². The Morgan fingerprint density at radius 3 is 2.46 bits per heavy atom. The van der Waals surface area contributed by atoms with E-state index in [4.69, 9.17) is 37.9 Å². The third-order valence-corrected chi connectivity index (χ3v) is 3.62. The van der Waals surface area contributed by atoms with Gasteiger partial charge in [0.05, 0.1) is 16.6 Å². The van der Waals surface area contributed by atoms with Crippen molar-refractivity contribution >= 4 is 42.3 Å². The second-order valence-electron chi connectivity index (χ2n) is 5.46. The van der Waals surface area contributed by atoms with E-state index in [-0.39, 0.29) is 23.0 Å². The number of amides is 2. The fourth-order valence-corrected chi connectivity index (χ4v) is 2.15. The van der Waals surface area contributed by atoms with Crippen molar-refractivity contribution in [3.63, 3.8) is 0 Å². The molecule has 0 saturated heterocycles. The molecule has 1 aromatic rings. The number of hydrogen-bond donors (Lipinski definition) is 4. The lowest BCUT2D eigenvalue weighted by atomic mass is 10.1. The number of carbonyl (C=O) groups excluding carboxylic acids is 2. The molecule has 132 valence electrons. The highest BCUT2D eigenvalue weighted by Gasteiger charge is 2.21. The van der Waals surface area contributed by atoms with Gasteiger partial charge in [0.15, 0.2) is 0 Å². The molecule has 1 rings (SSSR count). The van der Waals surface area contributed by atoms with E-state index in [0.717, 1.165) is 0 Å². The molecule has 0 aliphatic carbocycles. The molecule has 7 nitrogen and oxygen atoms in total. The average molecular weight is 377 g/mol. The van der Waals surface area contributed by atoms with E-state index < -0.39 is 25.4 Å². The van der Waals surface area contributed by atoms with Gasteiger partial charge < -0.3 is 25.3 Å². The van der Waals surface area contributed by atoms with E-state index in [0.29, 0.717) is 11.4 Å². The standard InChI is InChI=1S/C14H19BCl2N2O5/c1-8(2)5-13(24-15(22)23)19-12(20)7-18-14(21)9-3-4-10(16)11(17)6-9/h3-4,6,8,13,22-23H,5,7H2,1-2H3,(H,18,21)(H,19,20)/t13-/m1/s1. The first-order valence-corrected chi connectivity index (χ1v) is 7.98. The van der Waals surface area contributed by atoms with Crippen molar-refractivity contribution in [1.29, 1.82) is 0 Å². The third-order valence-electron chi connectivity index (χ3n) is 2.88. The SMILES string of the molecule is CC(C)C[C@H](NC(=O)CNC(=O)c1ccc(Cl)c(Cl)c1)OB(O)O. The second kappa shape index (κ2) is 9.85. The van der Waals surface area contributed by atoms with E-state index in [2.05, 4.69) is 10.6 Å². The van der Waals surface area contributed by atoms with Crippen LogP contribution in [-0.2, 0) is 9.45 Å². The van der Waals surface area contributed by atoms with Crippen LogP contribution in [0.5, 0.6) is 0 Å². The molecule has 24 heavy (non-hydrogen) atoms. The maximum absolute atomic E-state index is 11.9. The predicted octanol–water partition coefficient (Wildman–Crippen LogP) is 1.20. The van der Waals surface area contributed by atoms with Crippen molar-refractivity contribution in [3.05, 3.63) is 33.8 Å². The summed E-state index contributed by atoms with van der Waals surface area (Å²) in [7, 11) is -2.00. The van der Waals surface area contributed by atoms with E-state index in [1.807, 2.05) is 13.8 Å². The first-order chi connectivity index (χ1) is 11.2. The van der Waals surface area contributed by atoms with Crippen molar-refractivity contribution in [2.75, 3.05) is 6.54 Å². The summed E-state index contributed by atoms with van der Waals surface area (Å²) >= 11 is 11.6. The molecule has 1 atom stereocenters. The van der Waals surface area contributed by atoms with Gasteiger partial charge in [0.2, 0.25) is 5.91 Å². The summed E-state index contributed by atoms with van der Waals surface area (Å²) in [6, 6.07) is 4.35. The van der Waals surface area contributed by atoms with Crippen LogP contribution in [0.4, 0.5) is 0 Å². The molecule has 1 aromatic carbocycles. The van der Waals surface area contributed by atoms with Crippen LogP contribution < -0.4 is 10.6 Å². The van der Waals surface area contributed by atoms with Crippen molar-refractivity contribution in [2.24, 2.45) is 5.92 Å². The van der Waals surface area contributed by atoms with Crippen molar-refractivity contribution in [2.45, 2.75) is 26.5 Å². The molecule has 0 aliphatic heterocycles. The van der Waals surface area contributed by atoms with Gasteiger partial charge in [0, 0.05) is 5.56 Å². The fraction of sp³-hybridized carbons (Fsp3) is 0.429. The molecular weight excluding hydrogens is 358 g/mol. The molecule has 2 amide bonds. The molecule has 0 fully saturated rings. The highest BCUT2D eigenvalue weighted by atomic mass is 35.5. The summed E-state index contributed by atoms with van der Waals surface area (Å²) in [6.07, 6.45) is -0.497. The molecule has 4 N–H and O–H groups in total. The van der Waals surface area contributed by atoms with E-state index in [1.165, 1.54) is 18.2 Å². The molecule has 0 aromatic heterocycles. The zero-order valence-corrected chi connectivity index (χ0v) is 14.8. The van der Waals surface area contributed by atoms with Gasteiger partial charge in [-0.3, -0.25) is 9.59 Å². The summed E-state index contributed by atoms with van der Waals surface area (Å²) in [6.45, 7) is 3.47. The number of carbonyl (C=O) groups is 2. The zero-order chi connectivity index (χ0) is 18.3. The Morgan fingerprint density at radius 1 is 1.25 bits per heavy atom. The van der Waals surface area contributed by atoms with Crippen LogP contribution in [0, 0.1) is 5.92 Å². The first kappa shape index (κ1) is 20.7. The van der Waals surface area contributed by atoms with E-state index >= 15 is 0 Å². The smallest absolute Gasteiger partial charge is 0.402 e. The normalized spacial score (nSPS) is 12.0. The highest BCUT2D eigenvalue weighted by Crippen LogP contribution is 2.22. The number of rotatable bonds is 8. The van der Waals surface area contributed by atoms with Gasteiger partial charge in [-0.05, 0) is 30.5 Å². The highest BCUT2D eigenvalue weighted by molar-refractivity contribution is 6.42. The average Bonchev–Trinajstić information content (AvgIpc) is 2.46. The van der Waals surface area contributed by atoms with Crippen LogP contribution in [0.25, 0.3) is 0 Å². The van der Waals surface area contributed by atoms with Crippen molar-refractivity contribution < 1.29 is 24.3 Å². The van der Waals surface area contributed by atoms with Gasteiger partial charge in [-0.25, -0.2) is 0 Å². The summed E-state index contributed by atoms with van der Waals surface area (Å²) in [5.41, 5.74) is 0.262. The Bertz CT molecular complexity index is 576. The summed E-state index contributed by atoms with van der Waals surface area (Å²) in [5.74, 6) is -0.873. The Hall–Kier alpha value is -1.32. The first-order valence-electron chi connectivity index (χ1n) is 7.23. The van der Waals surface area contributed by atoms with Gasteiger partial charge in [-0.15, -0.1) is 0 Å². The Morgan fingerprint density at radius 2 is 1.92 bits per heavy atom. The second-order valence-corrected chi connectivity index (χ2v) is 6.27. The topological polar surface area (TPSA) is 108 Å². The minimum Gasteiger partial charge on any atom is -0.402 e. The van der Waals surface area contributed by atoms with Crippen LogP contribution >= 0.6 is 23.2 Å². The fourth-order valence-electron chi connectivity index (χ4n) is 1.85. The number of halogens is 2. The molecule has 0 saturated carbocycles. The lowest BCUT2D eigenvalue weighted by molar-refractivity contribution is -0.123. The molecular formula is C14H19BCl2N2O5. The predicted molar refractivity (Wildman–Crippen MR) is 91.5 cm³/mol. The minimum atomic E-state index is -2.00.